The van der Waals surface area contributed by atoms with Crippen molar-refractivity contribution >= 4 is 33.5 Å². The molecule has 0 aromatic heterocycles. The van der Waals surface area contributed by atoms with E-state index < -0.39 is 43.5 Å². The van der Waals surface area contributed by atoms with Gasteiger partial charge in [-0.15, -0.1) is 0 Å². The zero-order valence-corrected chi connectivity index (χ0v) is 24.6. The lowest BCUT2D eigenvalue weighted by Gasteiger charge is -2.45. The molecule has 2 atom stereocenters. The van der Waals surface area contributed by atoms with Crippen LogP contribution in [-0.2, 0) is 29.1 Å². The molecule has 2 amide bonds. The number of nitro groups is 1. The second kappa shape index (κ2) is 13.1. The van der Waals surface area contributed by atoms with Crippen LogP contribution in [0.3, 0.4) is 0 Å². The third-order valence-electron chi connectivity index (χ3n) is 7.26. The van der Waals surface area contributed by atoms with Gasteiger partial charge in [0.15, 0.2) is 4.90 Å². The fraction of sp³-hybridized carbons (Fsp3) is 0.667. The Morgan fingerprint density at radius 1 is 1.05 bits per heavy atom. The van der Waals surface area contributed by atoms with Gasteiger partial charge in [0.2, 0.25) is 11.8 Å². The minimum atomic E-state index is -4.39. The summed E-state index contributed by atoms with van der Waals surface area (Å²) in [6, 6.07) is 3.24. The number of nitrogens with zero attached hydrogens (tertiary/aromatic N) is 4. The lowest BCUT2D eigenvalue weighted by atomic mass is 9.95. The number of carbonyl (C=O) groups is 3. The Morgan fingerprint density at radius 3 is 2.23 bits per heavy atom. The van der Waals surface area contributed by atoms with Gasteiger partial charge in [0, 0.05) is 52.0 Å². The maximum atomic E-state index is 14.0. The van der Waals surface area contributed by atoms with Crippen LogP contribution in [0.25, 0.3) is 0 Å². The summed E-state index contributed by atoms with van der Waals surface area (Å²) in [5.74, 6) is -1.02. The first-order valence-corrected chi connectivity index (χ1v) is 15.2. The van der Waals surface area contributed by atoms with Gasteiger partial charge in [-0.25, -0.2) is 8.42 Å². The molecule has 2 fully saturated rings. The molecule has 2 aliphatic heterocycles. The molecule has 0 aliphatic carbocycles. The first-order valence-electron chi connectivity index (χ1n) is 13.8. The summed E-state index contributed by atoms with van der Waals surface area (Å²) in [6.45, 7) is 9.68. The number of piperidine rings is 1. The smallest absolute Gasteiger partial charge is 0.302 e. The van der Waals surface area contributed by atoms with Crippen LogP contribution in [0.2, 0.25) is 0 Å². The van der Waals surface area contributed by atoms with E-state index in [9.17, 15) is 32.9 Å². The van der Waals surface area contributed by atoms with Crippen molar-refractivity contribution in [3.63, 3.8) is 0 Å². The van der Waals surface area contributed by atoms with Crippen molar-refractivity contribution in [2.24, 2.45) is 11.8 Å². The predicted octanol–water partition coefficient (Wildman–Crippen LogP) is 2.81. The zero-order chi connectivity index (χ0) is 29.8. The van der Waals surface area contributed by atoms with Crippen molar-refractivity contribution in [2.75, 3.05) is 26.2 Å². The molecule has 13 heteroatoms. The van der Waals surface area contributed by atoms with Crippen LogP contribution in [0.5, 0.6) is 0 Å². The number of sulfonamides is 1. The molecule has 0 spiro atoms. The van der Waals surface area contributed by atoms with E-state index in [1.54, 1.807) is 4.90 Å². The van der Waals surface area contributed by atoms with Gasteiger partial charge in [-0.2, -0.15) is 4.31 Å². The molecule has 1 aromatic rings. The van der Waals surface area contributed by atoms with Gasteiger partial charge in [-0.05, 0) is 30.7 Å². The number of hydrogen-bond donors (Lipinski definition) is 0. The Balaban J connectivity index is 1.90. The summed E-state index contributed by atoms with van der Waals surface area (Å²) < 4.78 is 33.8. The number of likely N-dealkylation sites (tertiary alicyclic amines) is 1. The van der Waals surface area contributed by atoms with Gasteiger partial charge in [0.25, 0.3) is 15.7 Å². The SMILES string of the molecule is CC(=O)OC1CCN(C(=O)[C@H](CC(C)C)N2CCN(S(=O)(=O)c3ccccc3[N+](=O)[O-])[C@@H](CC(C)C)C2=O)CC1. The predicted molar refractivity (Wildman–Crippen MR) is 147 cm³/mol. The monoisotopic (exact) mass is 580 g/mol. The fourth-order valence-corrected chi connectivity index (χ4v) is 7.19. The van der Waals surface area contributed by atoms with Crippen LogP contribution >= 0.6 is 0 Å². The van der Waals surface area contributed by atoms with Gasteiger partial charge in [-0.1, -0.05) is 39.8 Å². The van der Waals surface area contributed by atoms with Crippen molar-refractivity contribution in [2.45, 2.75) is 83.4 Å². The highest BCUT2D eigenvalue weighted by molar-refractivity contribution is 7.89. The average molecular weight is 581 g/mol. The quantitative estimate of drug-likeness (QED) is 0.233. The highest BCUT2D eigenvalue weighted by Gasteiger charge is 2.47. The van der Waals surface area contributed by atoms with Crippen LogP contribution < -0.4 is 0 Å². The Morgan fingerprint density at radius 2 is 1.68 bits per heavy atom. The molecule has 2 saturated heterocycles. The topological polar surface area (TPSA) is 147 Å². The van der Waals surface area contributed by atoms with Crippen LogP contribution in [0, 0.1) is 22.0 Å². The van der Waals surface area contributed by atoms with E-state index in [4.69, 9.17) is 4.74 Å². The second-order valence-electron chi connectivity index (χ2n) is 11.3. The Hall–Kier alpha value is -3.06. The summed E-state index contributed by atoms with van der Waals surface area (Å²) in [4.78, 5) is 52.7. The normalized spacial score (nSPS) is 20.2. The minimum absolute atomic E-state index is 0.0136. The van der Waals surface area contributed by atoms with Crippen molar-refractivity contribution in [3.05, 3.63) is 34.4 Å². The third kappa shape index (κ3) is 7.17. The maximum Gasteiger partial charge on any atom is 0.302 e. The number of amides is 2. The van der Waals surface area contributed by atoms with E-state index in [-0.39, 0.29) is 49.3 Å². The molecule has 12 nitrogen and oxygen atoms in total. The number of nitro benzene ring substituents is 1. The number of piperazine rings is 1. The highest BCUT2D eigenvalue weighted by Crippen LogP contribution is 2.32. The summed E-state index contributed by atoms with van der Waals surface area (Å²) in [6.07, 6.45) is 1.36. The lowest BCUT2D eigenvalue weighted by molar-refractivity contribution is -0.387. The average Bonchev–Trinajstić information content (AvgIpc) is 2.88. The fourth-order valence-electron chi connectivity index (χ4n) is 5.45. The molecule has 0 N–H and O–H groups in total. The van der Waals surface area contributed by atoms with Crippen molar-refractivity contribution in [1.82, 2.24) is 14.1 Å². The molecule has 0 radical (unpaired) electrons. The summed E-state index contributed by atoms with van der Waals surface area (Å²) in [5.41, 5.74) is -0.550. The molecule has 40 heavy (non-hydrogen) atoms. The number of benzene rings is 1. The number of carbonyl (C=O) groups excluding carboxylic acids is 3. The molecule has 1 aromatic carbocycles. The minimum Gasteiger partial charge on any atom is -0.462 e. The molecule has 0 bridgehead atoms. The van der Waals surface area contributed by atoms with Gasteiger partial charge in [-0.3, -0.25) is 24.5 Å². The molecule has 0 saturated carbocycles. The first-order chi connectivity index (χ1) is 18.7. The zero-order valence-electron chi connectivity index (χ0n) is 23.8. The Kier molecular flexibility index (Phi) is 10.3. The van der Waals surface area contributed by atoms with Crippen molar-refractivity contribution in [1.29, 1.82) is 0 Å². The molecular formula is C27H40N4O8S. The molecule has 0 unspecified atom stereocenters. The van der Waals surface area contributed by atoms with Crippen LogP contribution in [0.15, 0.2) is 29.2 Å². The van der Waals surface area contributed by atoms with Crippen LogP contribution in [-0.4, -0.2) is 89.6 Å². The molecule has 3 rings (SSSR count). The van der Waals surface area contributed by atoms with Gasteiger partial charge in [0.05, 0.1) is 4.92 Å². The van der Waals surface area contributed by atoms with E-state index in [0.717, 1.165) is 10.4 Å². The molecule has 222 valence electrons. The molecule has 2 heterocycles. The second-order valence-corrected chi connectivity index (χ2v) is 13.2. The first kappa shape index (κ1) is 31.5. The van der Waals surface area contributed by atoms with Crippen LogP contribution in [0.4, 0.5) is 5.69 Å². The lowest BCUT2D eigenvalue weighted by Crippen LogP contribution is -2.64. The van der Waals surface area contributed by atoms with E-state index in [2.05, 4.69) is 0 Å². The van der Waals surface area contributed by atoms with Gasteiger partial charge < -0.3 is 14.5 Å². The van der Waals surface area contributed by atoms with E-state index >= 15 is 0 Å². The van der Waals surface area contributed by atoms with E-state index in [1.165, 1.54) is 30.0 Å². The van der Waals surface area contributed by atoms with Gasteiger partial charge >= 0.3 is 5.97 Å². The number of para-hydroxylation sites is 1. The van der Waals surface area contributed by atoms with E-state index in [0.29, 0.717) is 32.4 Å². The summed E-state index contributed by atoms with van der Waals surface area (Å²) >= 11 is 0. The highest BCUT2D eigenvalue weighted by atomic mass is 32.2. The third-order valence-corrected chi connectivity index (χ3v) is 9.22. The van der Waals surface area contributed by atoms with Gasteiger partial charge in [0.1, 0.15) is 18.2 Å². The summed E-state index contributed by atoms with van der Waals surface area (Å²) in [5, 5.41) is 11.6. The Labute approximate surface area is 235 Å². The van der Waals surface area contributed by atoms with Crippen LogP contribution in [0.1, 0.15) is 60.3 Å². The number of hydrogen-bond acceptors (Lipinski definition) is 8. The molecule has 2 aliphatic rings. The number of esters is 1. The standard InChI is InChI=1S/C27H40N4O8S/c1-18(2)16-23(26(33)28-12-10-21(11-13-28)39-20(5)32)29-14-15-30(24(27(29)34)17-19(3)4)40(37,38)25-9-7-6-8-22(25)31(35)36/h6-9,18-19,21,23-24H,10-17H2,1-5H3/t23-,24-/m0/s1. The maximum absolute atomic E-state index is 14.0. The van der Waals surface area contributed by atoms with E-state index in [1.807, 2.05) is 27.7 Å². The number of ether oxygens (including phenoxy) is 1. The molecular weight excluding hydrogens is 540 g/mol. The van der Waals surface area contributed by atoms with Crippen molar-refractivity contribution in [3.8, 4) is 0 Å². The largest absolute Gasteiger partial charge is 0.462 e. The number of rotatable bonds is 10. The van der Waals surface area contributed by atoms with Crippen molar-refractivity contribution < 1.29 is 32.5 Å². The summed E-state index contributed by atoms with van der Waals surface area (Å²) in [7, 11) is -4.39. The Bertz CT molecular complexity index is 1210.